The lowest BCUT2D eigenvalue weighted by molar-refractivity contribution is -0.131. The molecule has 4 heteroatoms. The Labute approximate surface area is 136 Å². The summed E-state index contributed by atoms with van der Waals surface area (Å²) < 4.78 is 0. The van der Waals surface area contributed by atoms with Gasteiger partial charge in [-0.2, -0.15) is 0 Å². The summed E-state index contributed by atoms with van der Waals surface area (Å²) in [6.07, 6.45) is 2.08. The third kappa shape index (κ3) is 3.54. The molecule has 1 unspecified atom stereocenters. The lowest BCUT2D eigenvalue weighted by Gasteiger charge is -2.36. The first-order valence-corrected chi connectivity index (χ1v) is 7.98. The third-order valence-corrected chi connectivity index (χ3v) is 4.23. The number of nitrogens with one attached hydrogen (secondary N) is 1. The first kappa shape index (κ1) is 15.6. The van der Waals surface area contributed by atoms with Gasteiger partial charge in [0.15, 0.2) is 5.60 Å². The molecule has 1 heterocycles. The van der Waals surface area contributed by atoms with E-state index in [1.54, 1.807) is 6.92 Å². The van der Waals surface area contributed by atoms with Crippen molar-refractivity contribution in [1.29, 1.82) is 0 Å². The van der Waals surface area contributed by atoms with Crippen LogP contribution in [0, 0.1) is 0 Å². The molecule has 0 radical (unpaired) electrons. The van der Waals surface area contributed by atoms with Crippen molar-refractivity contribution in [1.82, 2.24) is 0 Å². The molecule has 0 saturated heterocycles. The van der Waals surface area contributed by atoms with Crippen LogP contribution in [-0.4, -0.2) is 29.7 Å². The van der Waals surface area contributed by atoms with Gasteiger partial charge in [0.1, 0.15) is 0 Å². The van der Waals surface area contributed by atoms with E-state index < -0.39 is 5.60 Å². The standard InChI is InChI=1S/C19H22N2O2/c1-19(23,18(22)20-16-10-3-2-4-11-16)14-21-13-7-9-15-8-5-6-12-17(15)21/h2-6,8,10-12,23H,7,9,13-14H2,1H3,(H,20,22). The second-order valence-electron chi connectivity index (χ2n) is 6.25. The number of hydrogen-bond acceptors (Lipinski definition) is 3. The molecule has 3 rings (SSSR count). The molecule has 2 N–H and O–H groups in total. The van der Waals surface area contributed by atoms with Crippen molar-refractivity contribution >= 4 is 17.3 Å². The summed E-state index contributed by atoms with van der Waals surface area (Å²) in [5.74, 6) is -0.383. The van der Waals surface area contributed by atoms with Crippen LogP contribution < -0.4 is 10.2 Å². The fourth-order valence-electron chi connectivity index (χ4n) is 3.01. The second kappa shape index (κ2) is 6.42. The summed E-state index contributed by atoms with van der Waals surface area (Å²) in [6, 6.07) is 17.4. The van der Waals surface area contributed by atoms with Gasteiger partial charge in [-0.3, -0.25) is 4.79 Å². The van der Waals surface area contributed by atoms with Crippen LogP contribution in [0.4, 0.5) is 11.4 Å². The fraction of sp³-hybridized carbons (Fsp3) is 0.316. The van der Waals surface area contributed by atoms with Crippen LogP contribution in [0.3, 0.4) is 0 Å². The third-order valence-electron chi connectivity index (χ3n) is 4.23. The number of β-amino-alcohol motifs (C(OH)–C–C–N with tert-alkyl or cyclic N) is 1. The van der Waals surface area contributed by atoms with Gasteiger partial charge in [-0.25, -0.2) is 0 Å². The van der Waals surface area contributed by atoms with Crippen LogP contribution in [-0.2, 0) is 11.2 Å². The molecule has 120 valence electrons. The molecule has 0 aliphatic carbocycles. The zero-order valence-electron chi connectivity index (χ0n) is 13.3. The van der Waals surface area contributed by atoms with Crippen LogP contribution >= 0.6 is 0 Å². The number of carbonyl (C=O) groups excluding carboxylic acids is 1. The Morgan fingerprint density at radius 2 is 1.87 bits per heavy atom. The van der Waals surface area contributed by atoms with E-state index in [9.17, 15) is 9.90 Å². The molecule has 2 aromatic rings. The number of fused-ring (bicyclic) bond motifs is 1. The smallest absolute Gasteiger partial charge is 0.257 e. The number of aryl methyl sites for hydroxylation is 1. The van der Waals surface area contributed by atoms with Gasteiger partial charge in [-0.15, -0.1) is 0 Å². The molecular formula is C19H22N2O2. The maximum Gasteiger partial charge on any atom is 0.257 e. The highest BCUT2D eigenvalue weighted by Gasteiger charge is 2.34. The minimum Gasteiger partial charge on any atom is -0.378 e. The molecular weight excluding hydrogens is 288 g/mol. The number of benzene rings is 2. The Balaban J connectivity index is 1.72. The van der Waals surface area contributed by atoms with Gasteiger partial charge in [-0.1, -0.05) is 36.4 Å². The lowest BCUT2D eigenvalue weighted by Crippen LogP contribution is -2.50. The van der Waals surface area contributed by atoms with E-state index in [4.69, 9.17) is 0 Å². The summed E-state index contributed by atoms with van der Waals surface area (Å²) in [5, 5.41) is 13.4. The first-order valence-electron chi connectivity index (χ1n) is 7.98. The number of carbonyl (C=O) groups is 1. The fourth-order valence-corrected chi connectivity index (χ4v) is 3.01. The van der Waals surface area contributed by atoms with E-state index in [1.807, 2.05) is 42.5 Å². The minimum atomic E-state index is -1.46. The average molecular weight is 310 g/mol. The van der Waals surface area contributed by atoms with Crippen molar-refractivity contribution in [3.05, 3.63) is 60.2 Å². The molecule has 23 heavy (non-hydrogen) atoms. The molecule has 1 amide bonds. The Morgan fingerprint density at radius 3 is 2.65 bits per heavy atom. The summed E-state index contributed by atoms with van der Waals surface area (Å²) in [5.41, 5.74) is 1.63. The second-order valence-corrected chi connectivity index (χ2v) is 6.25. The van der Waals surface area contributed by atoms with Gasteiger partial charge < -0.3 is 15.3 Å². The summed E-state index contributed by atoms with van der Waals surface area (Å²) in [6.45, 7) is 2.71. The number of aliphatic hydroxyl groups is 1. The van der Waals surface area contributed by atoms with Crippen molar-refractivity contribution in [2.24, 2.45) is 0 Å². The SMILES string of the molecule is CC(O)(CN1CCCc2ccccc21)C(=O)Nc1ccccc1. The minimum absolute atomic E-state index is 0.280. The summed E-state index contributed by atoms with van der Waals surface area (Å²) in [4.78, 5) is 14.5. The maximum absolute atomic E-state index is 12.4. The molecule has 1 aliphatic heterocycles. The quantitative estimate of drug-likeness (QED) is 0.913. The highest BCUT2D eigenvalue weighted by molar-refractivity contribution is 5.97. The molecule has 1 aliphatic rings. The molecule has 2 aromatic carbocycles. The molecule has 4 nitrogen and oxygen atoms in total. The monoisotopic (exact) mass is 310 g/mol. The largest absolute Gasteiger partial charge is 0.378 e. The average Bonchev–Trinajstić information content (AvgIpc) is 2.56. The Bertz CT molecular complexity index is 683. The van der Waals surface area contributed by atoms with Crippen LogP contribution in [0.1, 0.15) is 18.9 Å². The zero-order chi connectivity index (χ0) is 16.3. The van der Waals surface area contributed by atoms with Crippen LogP contribution in [0.2, 0.25) is 0 Å². The maximum atomic E-state index is 12.4. The van der Waals surface area contributed by atoms with Crippen molar-refractivity contribution in [2.45, 2.75) is 25.4 Å². The highest BCUT2D eigenvalue weighted by Crippen LogP contribution is 2.28. The van der Waals surface area contributed by atoms with Gasteiger partial charge in [0.05, 0.1) is 6.54 Å². The van der Waals surface area contributed by atoms with Crippen molar-refractivity contribution < 1.29 is 9.90 Å². The van der Waals surface area contributed by atoms with Crippen molar-refractivity contribution in [3.8, 4) is 0 Å². The number of nitrogens with zero attached hydrogens (tertiary/aromatic N) is 1. The topological polar surface area (TPSA) is 52.6 Å². The van der Waals surface area contributed by atoms with E-state index in [-0.39, 0.29) is 12.5 Å². The molecule has 1 atom stereocenters. The van der Waals surface area contributed by atoms with Crippen LogP contribution in [0.15, 0.2) is 54.6 Å². The molecule has 0 fully saturated rings. The van der Waals surface area contributed by atoms with E-state index in [0.717, 1.165) is 25.1 Å². The Hall–Kier alpha value is -2.33. The normalized spacial score (nSPS) is 16.3. The summed E-state index contributed by atoms with van der Waals surface area (Å²) >= 11 is 0. The molecule has 0 bridgehead atoms. The van der Waals surface area contributed by atoms with E-state index >= 15 is 0 Å². The van der Waals surface area contributed by atoms with Gasteiger partial charge in [0.25, 0.3) is 5.91 Å². The van der Waals surface area contributed by atoms with Gasteiger partial charge >= 0.3 is 0 Å². The van der Waals surface area contributed by atoms with Gasteiger partial charge in [0, 0.05) is 17.9 Å². The summed E-state index contributed by atoms with van der Waals surface area (Å²) in [7, 11) is 0. The Kier molecular flexibility index (Phi) is 4.35. The predicted octanol–water partition coefficient (Wildman–Crippen LogP) is 2.83. The van der Waals surface area contributed by atoms with E-state index in [0.29, 0.717) is 5.69 Å². The van der Waals surface area contributed by atoms with Gasteiger partial charge in [-0.05, 0) is 43.5 Å². The zero-order valence-corrected chi connectivity index (χ0v) is 13.3. The molecule has 0 saturated carbocycles. The van der Waals surface area contributed by atoms with Crippen molar-refractivity contribution in [2.75, 3.05) is 23.3 Å². The number of rotatable bonds is 4. The molecule has 0 spiro atoms. The molecule has 0 aromatic heterocycles. The first-order chi connectivity index (χ1) is 11.1. The number of hydrogen-bond donors (Lipinski definition) is 2. The number of para-hydroxylation sites is 2. The number of anilines is 2. The van der Waals surface area contributed by atoms with Crippen LogP contribution in [0.5, 0.6) is 0 Å². The lowest BCUT2D eigenvalue weighted by atomic mass is 9.98. The van der Waals surface area contributed by atoms with E-state index in [1.165, 1.54) is 5.56 Å². The number of amides is 1. The van der Waals surface area contributed by atoms with Gasteiger partial charge in [0.2, 0.25) is 0 Å². The predicted molar refractivity (Wildman–Crippen MR) is 92.7 cm³/mol. The van der Waals surface area contributed by atoms with Crippen LogP contribution in [0.25, 0.3) is 0 Å². The van der Waals surface area contributed by atoms with Crippen molar-refractivity contribution in [3.63, 3.8) is 0 Å². The van der Waals surface area contributed by atoms with E-state index in [2.05, 4.69) is 22.3 Å². The Morgan fingerprint density at radius 1 is 1.17 bits per heavy atom. The highest BCUT2D eigenvalue weighted by atomic mass is 16.3.